The Hall–Kier alpha value is -3.88. The molecule has 0 saturated carbocycles. The Morgan fingerprint density at radius 2 is 0.867 bits per heavy atom. The normalized spacial score (nSPS) is 9.84. The second-order valence-electron chi connectivity index (χ2n) is 10.4. The summed E-state index contributed by atoms with van der Waals surface area (Å²) in [5.41, 5.74) is 8.11. The van der Waals surface area contributed by atoms with Crippen molar-refractivity contribution >= 4 is 36.3 Å². The van der Waals surface area contributed by atoms with Crippen LogP contribution >= 0.6 is 0 Å². The molecule has 0 aliphatic heterocycles. The van der Waals surface area contributed by atoms with Gasteiger partial charge in [0.05, 0.1) is 9.52 Å². The molecule has 0 amide bonds. The van der Waals surface area contributed by atoms with Gasteiger partial charge in [0.2, 0.25) is 0 Å². The van der Waals surface area contributed by atoms with Crippen LogP contribution < -0.4 is 5.19 Å². The van der Waals surface area contributed by atoms with Crippen LogP contribution in [0.4, 0.5) is 0 Å². The average molecular weight is 640 g/mol. The van der Waals surface area contributed by atoms with Gasteiger partial charge in [-0.3, -0.25) is 0 Å². The van der Waals surface area contributed by atoms with Gasteiger partial charge >= 0.3 is 18.6 Å². The maximum absolute atomic E-state index is 2.32. The van der Waals surface area contributed by atoms with Crippen LogP contribution in [-0.2, 0) is 31.4 Å². The Balaban J connectivity index is 0.000000241. The van der Waals surface area contributed by atoms with Crippen molar-refractivity contribution in [2.24, 2.45) is 0 Å². The van der Waals surface area contributed by atoms with Gasteiger partial charge < -0.3 is 14.9 Å². The van der Waals surface area contributed by atoms with Crippen molar-refractivity contribution in [2.75, 3.05) is 0 Å². The molecule has 0 aliphatic rings. The molecule has 7 rings (SSSR count). The summed E-state index contributed by atoms with van der Waals surface area (Å²) in [5, 5.41) is 6.88. The Morgan fingerprint density at radius 3 is 1.20 bits per heavy atom. The largest absolute Gasteiger partial charge is 4.00 e. The third-order valence-corrected chi connectivity index (χ3v) is 8.58. The predicted octanol–water partition coefficient (Wildman–Crippen LogP) is 11.5. The SMILES string of the molecule is CCc1cc2c(-c3ccccc3)cccc2[cH-]1.CCc1cc2c(-c3ccccc3)cccc2[cH-]1.C[Si]c1ccccc1.[CH3-].[CH3-].[V+4]. The van der Waals surface area contributed by atoms with Crippen LogP contribution in [0.3, 0.4) is 0 Å². The molecule has 225 valence electrons. The van der Waals surface area contributed by atoms with Crippen LogP contribution in [0.1, 0.15) is 25.0 Å². The molecular formula is C43H44SiV. The zero-order valence-corrected chi connectivity index (χ0v) is 29.7. The summed E-state index contributed by atoms with van der Waals surface area (Å²) in [6.07, 6.45) is 2.20. The van der Waals surface area contributed by atoms with Crippen molar-refractivity contribution in [3.05, 3.63) is 178 Å². The topological polar surface area (TPSA) is 0 Å². The van der Waals surface area contributed by atoms with E-state index in [1.807, 2.05) is 6.07 Å². The molecule has 0 fully saturated rings. The fourth-order valence-corrected chi connectivity index (χ4v) is 5.87. The van der Waals surface area contributed by atoms with Gasteiger partial charge in [0.15, 0.2) is 0 Å². The molecule has 7 aromatic rings. The summed E-state index contributed by atoms with van der Waals surface area (Å²) in [7, 11) is 0.930. The first-order valence-electron chi connectivity index (χ1n) is 14.9. The average Bonchev–Trinajstić information content (AvgIpc) is 3.71. The van der Waals surface area contributed by atoms with Crippen LogP contribution in [0.25, 0.3) is 43.8 Å². The fraction of sp³-hybridized carbons (Fsp3) is 0.116. The van der Waals surface area contributed by atoms with E-state index in [-0.39, 0.29) is 33.4 Å². The molecule has 0 heterocycles. The van der Waals surface area contributed by atoms with Crippen molar-refractivity contribution in [2.45, 2.75) is 33.2 Å². The summed E-state index contributed by atoms with van der Waals surface area (Å²) >= 11 is 0. The van der Waals surface area contributed by atoms with E-state index in [4.69, 9.17) is 0 Å². The predicted molar refractivity (Wildman–Crippen MR) is 199 cm³/mol. The van der Waals surface area contributed by atoms with E-state index >= 15 is 0 Å². The molecule has 0 bridgehead atoms. The van der Waals surface area contributed by atoms with Crippen molar-refractivity contribution in [3.63, 3.8) is 0 Å². The first kappa shape index (κ1) is 37.3. The second-order valence-corrected chi connectivity index (χ2v) is 11.5. The molecular weight excluding hydrogens is 596 g/mol. The van der Waals surface area contributed by atoms with E-state index in [0.29, 0.717) is 0 Å². The number of hydrogen-bond donors (Lipinski definition) is 0. The molecule has 0 nitrogen and oxygen atoms in total. The van der Waals surface area contributed by atoms with Gasteiger partial charge in [-0.05, 0) is 24.0 Å². The van der Waals surface area contributed by atoms with E-state index in [1.165, 1.54) is 60.1 Å². The van der Waals surface area contributed by atoms with Crippen LogP contribution in [-0.4, -0.2) is 9.52 Å². The van der Waals surface area contributed by atoms with Gasteiger partial charge in [-0.2, -0.15) is 12.1 Å². The van der Waals surface area contributed by atoms with E-state index in [1.54, 1.807) is 0 Å². The monoisotopic (exact) mass is 639 g/mol. The molecule has 2 heteroatoms. The van der Waals surface area contributed by atoms with E-state index in [2.05, 4.69) is 166 Å². The maximum Gasteiger partial charge on any atom is 4.00 e. The Labute approximate surface area is 286 Å². The Bertz CT molecular complexity index is 1690. The summed E-state index contributed by atoms with van der Waals surface area (Å²) < 4.78 is 0. The van der Waals surface area contributed by atoms with Crippen LogP contribution in [0, 0.1) is 14.9 Å². The minimum absolute atomic E-state index is 0. The van der Waals surface area contributed by atoms with E-state index in [9.17, 15) is 0 Å². The maximum atomic E-state index is 2.32. The number of rotatable bonds is 5. The van der Waals surface area contributed by atoms with Crippen molar-refractivity contribution < 1.29 is 18.6 Å². The molecule has 0 N–H and O–H groups in total. The summed E-state index contributed by atoms with van der Waals surface area (Å²) in [6, 6.07) is 54.0. The number of benzene rings is 5. The first-order valence-corrected chi connectivity index (χ1v) is 16.4. The van der Waals surface area contributed by atoms with E-state index in [0.717, 1.165) is 22.4 Å². The molecule has 0 aromatic heterocycles. The molecule has 7 aromatic carbocycles. The summed E-state index contributed by atoms with van der Waals surface area (Å²) in [5.74, 6) is 0. The number of aryl methyl sites for hydroxylation is 2. The van der Waals surface area contributed by atoms with Gasteiger partial charge in [0.25, 0.3) is 0 Å². The Morgan fingerprint density at radius 1 is 0.489 bits per heavy atom. The first-order chi connectivity index (χ1) is 20.7. The molecule has 0 aliphatic carbocycles. The zero-order valence-electron chi connectivity index (χ0n) is 27.3. The van der Waals surface area contributed by atoms with Crippen molar-refractivity contribution in [3.8, 4) is 22.3 Å². The molecule has 0 atom stereocenters. The van der Waals surface area contributed by atoms with Crippen LogP contribution in [0.5, 0.6) is 0 Å². The van der Waals surface area contributed by atoms with Crippen molar-refractivity contribution in [1.29, 1.82) is 0 Å². The van der Waals surface area contributed by atoms with Gasteiger partial charge in [-0.25, -0.2) is 0 Å². The molecule has 0 spiro atoms. The van der Waals surface area contributed by atoms with E-state index < -0.39 is 0 Å². The molecule has 0 unspecified atom stereocenters. The minimum Gasteiger partial charge on any atom is -0.358 e. The quantitative estimate of drug-likeness (QED) is 0.130. The van der Waals surface area contributed by atoms with Gasteiger partial charge in [0, 0.05) is 0 Å². The smallest absolute Gasteiger partial charge is 0.358 e. The molecule has 3 radical (unpaired) electrons. The number of fused-ring (bicyclic) bond motifs is 2. The summed E-state index contributed by atoms with van der Waals surface area (Å²) in [4.78, 5) is 0. The fourth-order valence-electron chi connectivity index (χ4n) is 5.35. The van der Waals surface area contributed by atoms with Crippen molar-refractivity contribution in [1.82, 2.24) is 0 Å². The molecule has 45 heavy (non-hydrogen) atoms. The van der Waals surface area contributed by atoms with Crippen LogP contribution in [0.2, 0.25) is 6.55 Å². The second kappa shape index (κ2) is 18.8. The van der Waals surface area contributed by atoms with Crippen LogP contribution in [0.15, 0.2) is 152 Å². The summed E-state index contributed by atoms with van der Waals surface area (Å²) in [6.45, 7) is 6.60. The minimum atomic E-state index is 0. The van der Waals surface area contributed by atoms with Gasteiger partial charge in [-0.15, -0.1) is 69.1 Å². The molecule has 0 saturated heterocycles. The van der Waals surface area contributed by atoms with Gasteiger partial charge in [0.1, 0.15) is 0 Å². The van der Waals surface area contributed by atoms with Gasteiger partial charge in [-0.1, -0.05) is 140 Å². The zero-order chi connectivity index (χ0) is 29.1. The number of hydrogen-bond acceptors (Lipinski definition) is 0. The Kier molecular flexibility index (Phi) is 15.6. The third kappa shape index (κ3) is 9.55. The standard InChI is InChI=1S/2C17H15.C7H8Si.2CH3.V/c2*1-2-13-11-15-9-6-10-16(17(15)12-13)14-7-4-3-5-8-14;1-8-7-5-3-2-4-6-7;;;/h2*3-12H,2H2,1H3;2-6H,1H3;2*1H3;/q2*-1;;2*-1;+4. The third-order valence-electron chi connectivity index (χ3n) is 7.67.